The second-order valence-electron chi connectivity index (χ2n) is 4.39. The monoisotopic (exact) mass is 245 g/mol. The highest BCUT2D eigenvalue weighted by atomic mass is 32.1. The van der Waals surface area contributed by atoms with Gasteiger partial charge >= 0.3 is 0 Å². The molecule has 1 saturated heterocycles. The van der Waals surface area contributed by atoms with Gasteiger partial charge in [-0.1, -0.05) is 12.2 Å². The first-order valence-electron chi connectivity index (χ1n) is 6.01. The maximum atomic E-state index is 8.72. The summed E-state index contributed by atoms with van der Waals surface area (Å²) in [4.78, 5) is 5.37. The lowest BCUT2D eigenvalue weighted by molar-refractivity contribution is 0.119. The molecule has 1 unspecified atom stereocenters. The van der Waals surface area contributed by atoms with E-state index < -0.39 is 0 Å². The van der Waals surface area contributed by atoms with E-state index in [9.17, 15) is 0 Å². The molecule has 16 heavy (non-hydrogen) atoms. The van der Waals surface area contributed by atoms with Crippen LogP contribution in [0.15, 0.2) is 0 Å². The van der Waals surface area contributed by atoms with E-state index in [1.807, 2.05) is 0 Å². The summed E-state index contributed by atoms with van der Waals surface area (Å²) in [5.74, 6) is 0. The molecule has 0 spiro atoms. The minimum Gasteiger partial charge on any atom is -0.396 e. The van der Waals surface area contributed by atoms with Crippen molar-refractivity contribution in [3.63, 3.8) is 0 Å². The first-order chi connectivity index (χ1) is 7.65. The molecule has 0 saturated carbocycles. The minimum atomic E-state index is 0.217. The van der Waals surface area contributed by atoms with Crippen LogP contribution in [-0.2, 0) is 0 Å². The fourth-order valence-electron chi connectivity index (χ4n) is 2.00. The Labute approximate surface area is 103 Å². The normalized spacial score (nSPS) is 20.9. The van der Waals surface area contributed by atoms with E-state index in [1.54, 1.807) is 0 Å². The van der Waals surface area contributed by atoms with Gasteiger partial charge < -0.3 is 15.7 Å². The average molecular weight is 245 g/mol. The van der Waals surface area contributed by atoms with Crippen molar-refractivity contribution in [2.75, 3.05) is 39.3 Å². The van der Waals surface area contributed by atoms with Crippen LogP contribution in [0.1, 0.15) is 19.8 Å². The summed E-state index contributed by atoms with van der Waals surface area (Å²) in [5.41, 5.74) is 5.65. The Balaban J connectivity index is 2.20. The summed E-state index contributed by atoms with van der Waals surface area (Å²) in [6, 6.07) is 0.217. The van der Waals surface area contributed by atoms with Gasteiger partial charge in [-0.05, 0) is 26.3 Å². The van der Waals surface area contributed by atoms with Crippen LogP contribution in [0.5, 0.6) is 0 Å². The number of hydrogen-bond acceptors (Lipinski definition) is 4. The molecule has 0 radical (unpaired) electrons. The Morgan fingerprint density at radius 1 is 1.31 bits per heavy atom. The number of hydrogen-bond donors (Lipinski definition) is 2. The van der Waals surface area contributed by atoms with Crippen molar-refractivity contribution in [3.8, 4) is 0 Å². The Bertz CT molecular complexity index is 217. The first-order valence-corrected chi connectivity index (χ1v) is 6.42. The van der Waals surface area contributed by atoms with E-state index >= 15 is 0 Å². The smallest absolute Gasteiger partial charge is 0.0899 e. The highest BCUT2D eigenvalue weighted by Crippen LogP contribution is 2.07. The lowest BCUT2D eigenvalue weighted by Gasteiger charge is -2.37. The molecule has 4 nitrogen and oxygen atoms in total. The highest BCUT2D eigenvalue weighted by molar-refractivity contribution is 7.80. The second-order valence-corrected chi connectivity index (χ2v) is 4.86. The standard InChI is InChI=1S/C11H23N3OS/c1-10(11(12)16)14-7-5-13(6-8-14)4-2-3-9-15/h10,15H,2-9H2,1H3,(H2,12,16). The fourth-order valence-corrected chi connectivity index (χ4v) is 2.15. The molecule has 1 atom stereocenters. The molecule has 1 aliphatic rings. The van der Waals surface area contributed by atoms with E-state index in [1.165, 1.54) is 0 Å². The lowest BCUT2D eigenvalue weighted by Crippen LogP contribution is -2.52. The van der Waals surface area contributed by atoms with Gasteiger partial charge in [0.1, 0.15) is 0 Å². The van der Waals surface area contributed by atoms with Gasteiger partial charge in [-0.15, -0.1) is 0 Å². The van der Waals surface area contributed by atoms with Crippen molar-refractivity contribution in [1.29, 1.82) is 0 Å². The molecule has 1 aliphatic heterocycles. The molecule has 0 aromatic carbocycles. The summed E-state index contributed by atoms with van der Waals surface area (Å²) in [6.07, 6.45) is 1.99. The Kier molecular flexibility index (Phi) is 6.20. The van der Waals surface area contributed by atoms with Gasteiger partial charge in [0.15, 0.2) is 0 Å². The van der Waals surface area contributed by atoms with Gasteiger partial charge in [0.2, 0.25) is 0 Å². The third-order valence-corrected chi connectivity index (χ3v) is 3.59. The molecule has 94 valence electrons. The quantitative estimate of drug-likeness (QED) is 0.512. The summed E-state index contributed by atoms with van der Waals surface area (Å²) in [7, 11) is 0. The van der Waals surface area contributed by atoms with Crippen LogP contribution in [0.4, 0.5) is 0 Å². The number of nitrogens with zero attached hydrogens (tertiary/aromatic N) is 2. The number of piperazine rings is 1. The van der Waals surface area contributed by atoms with Gasteiger partial charge in [0.25, 0.3) is 0 Å². The third kappa shape index (κ3) is 4.33. The van der Waals surface area contributed by atoms with Crippen molar-refractivity contribution in [2.24, 2.45) is 5.73 Å². The van der Waals surface area contributed by atoms with Crippen molar-refractivity contribution in [1.82, 2.24) is 9.80 Å². The van der Waals surface area contributed by atoms with Crippen molar-refractivity contribution in [2.45, 2.75) is 25.8 Å². The van der Waals surface area contributed by atoms with Crippen LogP contribution in [0.25, 0.3) is 0 Å². The maximum absolute atomic E-state index is 8.72. The summed E-state index contributed by atoms with van der Waals surface area (Å²) in [5, 5.41) is 8.72. The van der Waals surface area contributed by atoms with Crippen molar-refractivity contribution in [3.05, 3.63) is 0 Å². The fraction of sp³-hybridized carbons (Fsp3) is 0.909. The Hall–Kier alpha value is -0.230. The highest BCUT2D eigenvalue weighted by Gasteiger charge is 2.21. The predicted molar refractivity (Wildman–Crippen MR) is 70.6 cm³/mol. The molecule has 0 aromatic rings. The van der Waals surface area contributed by atoms with Gasteiger partial charge in [0.05, 0.1) is 11.0 Å². The third-order valence-electron chi connectivity index (χ3n) is 3.25. The van der Waals surface area contributed by atoms with Gasteiger partial charge in [-0.2, -0.15) is 0 Å². The molecular weight excluding hydrogens is 222 g/mol. The maximum Gasteiger partial charge on any atom is 0.0899 e. The van der Waals surface area contributed by atoms with Crippen LogP contribution < -0.4 is 5.73 Å². The van der Waals surface area contributed by atoms with Crippen LogP contribution in [0.2, 0.25) is 0 Å². The summed E-state index contributed by atoms with van der Waals surface area (Å²) < 4.78 is 0. The zero-order chi connectivity index (χ0) is 12.0. The molecule has 0 bridgehead atoms. The largest absolute Gasteiger partial charge is 0.396 e. The van der Waals surface area contributed by atoms with Crippen LogP contribution >= 0.6 is 12.2 Å². The number of aliphatic hydroxyl groups excluding tert-OH is 1. The zero-order valence-corrected chi connectivity index (χ0v) is 10.9. The molecular formula is C11H23N3OS. The predicted octanol–water partition coefficient (Wildman–Crippen LogP) is 0.0511. The van der Waals surface area contributed by atoms with Crippen molar-refractivity contribution >= 4 is 17.2 Å². The molecule has 3 N–H and O–H groups in total. The molecule has 0 aliphatic carbocycles. The first kappa shape index (κ1) is 13.8. The van der Waals surface area contributed by atoms with E-state index in [2.05, 4.69) is 16.7 Å². The van der Waals surface area contributed by atoms with Crippen LogP contribution in [0, 0.1) is 0 Å². The van der Waals surface area contributed by atoms with E-state index in [0.29, 0.717) is 11.6 Å². The molecule has 0 amide bonds. The molecule has 1 heterocycles. The zero-order valence-electron chi connectivity index (χ0n) is 10.1. The van der Waals surface area contributed by atoms with Crippen molar-refractivity contribution < 1.29 is 5.11 Å². The van der Waals surface area contributed by atoms with Gasteiger partial charge in [0, 0.05) is 32.8 Å². The Morgan fingerprint density at radius 3 is 2.44 bits per heavy atom. The molecule has 5 heteroatoms. The van der Waals surface area contributed by atoms with E-state index in [0.717, 1.165) is 45.6 Å². The molecule has 0 aromatic heterocycles. The van der Waals surface area contributed by atoms with Gasteiger partial charge in [-0.3, -0.25) is 4.90 Å². The van der Waals surface area contributed by atoms with E-state index in [-0.39, 0.29) is 6.04 Å². The number of aliphatic hydroxyl groups is 1. The Morgan fingerprint density at radius 2 is 1.94 bits per heavy atom. The molecule has 1 fully saturated rings. The van der Waals surface area contributed by atoms with Crippen LogP contribution in [0.3, 0.4) is 0 Å². The average Bonchev–Trinajstić information content (AvgIpc) is 2.29. The lowest BCUT2D eigenvalue weighted by atomic mass is 10.2. The SMILES string of the molecule is CC(C(N)=S)N1CCN(CCCCO)CC1. The van der Waals surface area contributed by atoms with Crippen LogP contribution in [-0.4, -0.2) is 65.3 Å². The molecule has 1 rings (SSSR count). The minimum absolute atomic E-state index is 0.217. The van der Waals surface area contributed by atoms with Gasteiger partial charge in [-0.25, -0.2) is 0 Å². The number of thiocarbonyl (C=S) groups is 1. The summed E-state index contributed by atoms with van der Waals surface area (Å²) >= 11 is 5.01. The summed E-state index contributed by atoms with van der Waals surface area (Å²) in [6.45, 7) is 7.71. The number of unbranched alkanes of at least 4 members (excludes halogenated alkanes) is 1. The number of rotatable bonds is 6. The second kappa shape index (κ2) is 7.17. The number of nitrogens with two attached hydrogens (primary N) is 1. The topological polar surface area (TPSA) is 52.7 Å². The van der Waals surface area contributed by atoms with E-state index in [4.69, 9.17) is 23.1 Å².